The molecule has 0 atom stereocenters. The van der Waals surface area contributed by atoms with Crippen molar-refractivity contribution in [2.45, 2.75) is 0 Å². The van der Waals surface area contributed by atoms with Gasteiger partial charge < -0.3 is 15.8 Å². The highest BCUT2D eigenvalue weighted by molar-refractivity contribution is 5.99. The summed E-state index contributed by atoms with van der Waals surface area (Å²) < 4.78 is 26.4. The molecule has 0 bridgehead atoms. The zero-order valence-electron chi connectivity index (χ0n) is 9.56. The lowest BCUT2D eigenvalue weighted by Crippen LogP contribution is -2.25. The van der Waals surface area contributed by atoms with E-state index in [1.54, 1.807) is 0 Å². The van der Waals surface area contributed by atoms with Gasteiger partial charge in [0.05, 0.1) is 5.69 Å². The van der Waals surface area contributed by atoms with Crippen molar-refractivity contribution in [3.8, 4) is 0 Å². The van der Waals surface area contributed by atoms with Gasteiger partial charge in [0.15, 0.2) is 12.4 Å². The summed E-state index contributed by atoms with van der Waals surface area (Å²) >= 11 is 0. The molecule has 1 heterocycles. The van der Waals surface area contributed by atoms with E-state index in [0.717, 1.165) is 12.1 Å². The molecule has 0 fully saturated rings. The minimum atomic E-state index is -0.789. The minimum Gasteiger partial charge on any atom is -0.619 e. The van der Waals surface area contributed by atoms with Crippen LogP contribution in [0, 0.1) is 16.8 Å². The summed E-state index contributed by atoms with van der Waals surface area (Å²) in [6.07, 6.45) is 2.41. The van der Waals surface area contributed by atoms with Crippen LogP contribution in [-0.2, 0) is 0 Å². The van der Waals surface area contributed by atoms with Crippen LogP contribution < -0.4 is 15.4 Å². The lowest BCUT2D eigenvalue weighted by Gasteiger charge is -2.07. The smallest absolute Gasteiger partial charge is 0.323 e. The maximum atomic E-state index is 12.9. The fourth-order valence-corrected chi connectivity index (χ4v) is 1.42. The van der Waals surface area contributed by atoms with E-state index in [1.807, 2.05) is 0 Å². The first-order chi connectivity index (χ1) is 9.02. The Morgan fingerprint density at radius 3 is 2.11 bits per heavy atom. The molecule has 2 N–H and O–H groups in total. The van der Waals surface area contributed by atoms with Gasteiger partial charge in [0.25, 0.3) is 0 Å². The van der Waals surface area contributed by atoms with Crippen molar-refractivity contribution < 1.29 is 18.3 Å². The molecule has 2 amide bonds. The van der Waals surface area contributed by atoms with Crippen molar-refractivity contribution in [2.75, 3.05) is 10.6 Å². The van der Waals surface area contributed by atoms with E-state index in [4.69, 9.17) is 0 Å². The minimum absolute atomic E-state index is 0.00943. The van der Waals surface area contributed by atoms with Gasteiger partial charge in [-0.2, -0.15) is 4.73 Å². The summed E-state index contributed by atoms with van der Waals surface area (Å²) in [6.45, 7) is 0. The molecule has 98 valence electrons. The number of nitrogens with one attached hydrogen (secondary N) is 2. The largest absolute Gasteiger partial charge is 0.619 e. The van der Waals surface area contributed by atoms with E-state index in [2.05, 4.69) is 10.6 Å². The van der Waals surface area contributed by atoms with E-state index in [9.17, 15) is 18.8 Å². The molecule has 0 unspecified atom stereocenters. The van der Waals surface area contributed by atoms with Crippen LogP contribution in [0.3, 0.4) is 0 Å². The first kappa shape index (κ1) is 12.7. The molecule has 1 aromatic carbocycles. The van der Waals surface area contributed by atoms with Gasteiger partial charge in [0.2, 0.25) is 0 Å². The van der Waals surface area contributed by atoms with Gasteiger partial charge >= 0.3 is 6.03 Å². The summed E-state index contributed by atoms with van der Waals surface area (Å²) in [7, 11) is 0. The third kappa shape index (κ3) is 3.63. The van der Waals surface area contributed by atoms with E-state index in [1.165, 1.54) is 24.5 Å². The lowest BCUT2D eigenvalue weighted by atomic mass is 10.3. The fourth-order valence-electron chi connectivity index (χ4n) is 1.42. The molecule has 7 heteroatoms. The molecule has 19 heavy (non-hydrogen) atoms. The van der Waals surface area contributed by atoms with E-state index < -0.39 is 17.7 Å². The predicted octanol–water partition coefficient (Wildman–Crippen LogP) is 2.24. The monoisotopic (exact) mass is 265 g/mol. The third-order valence-electron chi connectivity index (χ3n) is 2.18. The van der Waals surface area contributed by atoms with Crippen molar-refractivity contribution in [1.29, 1.82) is 0 Å². The number of urea groups is 1. The van der Waals surface area contributed by atoms with Crippen LogP contribution in [0.25, 0.3) is 0 Å². The standard InChI is InChI=1S/C12H9F2N3O2/c13-8-5-9(14)7-11(6-8)16-12(18)15-10-1-3-17(19)4-2-10/h1-7H,(H2,15,16,18). The quantitative estimate of drug-likeness (QED) is 0.646. The van der Waals surface area contributed by atoms with Crippen LogP contribution in [0.1, 0.15) is 0 Å². The Hall–Kier alpha value is -2.70. The Balaban J connectivity index is 2.03. The normalized spacial score (nSPS) is 10.0. The zero-order valence-corrected chi connectivity index (χ0v) is 9.56. The molecule has 0 saturated carbocycles. The first-order valence-corrected chi connectivity index (χ1v) is 5.26. The Morgan fingerprint density at radius 2 is 1.53 bits per heavy atom. The summed E-state index contributed by atoms with van der Waals surface area (Å²) in [5.74, 6) is -1.58. The number of hydrogen-bond donors (Lipinski definition) is 2. The second-order valence-corrected chi connectivity index (χ2v) is 3.68. The van der Waals surface area contributed by atoms with Gasteiger partial charge in [0.1, 0.15) is 11.6 Å². The number of rotatable bonds is 2. The van der Waals surface area contributed by atoms with Gasteiger partial charge in [-0.15, -0.1) is 0 Å². The molecule has 0 aliphatic heterocycles. The number of benzene rings is 1. The average Bonchev–Trinajstić information content (AvgIpc) is 2.30. The number of carbonyl (C=O) groups excluding carboxylic acids is 1. The number of amides is 2. The predicted molar refractivity (Wildman–Crippen MR) is 64.4 cm³/mol. The van der Waals surface area contributed by atoms with Crippen LogP contribution in [0.15, 0.2) is 42.7 Å². The van der Waals surface area contributed by atoms with Gasteiger partial charge in [-0.3, -0.25) is 0 Å². The summed E-state index contributed by atoms with van der Waals surface area (Å²) in [6, 6.07) is 4.78. The fraction of sp³-hybridized carbons (Fsp3) is 0. The number of anilines is 2. The van der Waals surface area contributed by atoms with E-state index in [0.29, 0.717) is 16.5 Å². The summed E-state index contributed by atoms with van der Waals surface area (Å²) in [4.78, 5) is 11.5. The number of carbonyl (C=O) groups is 1. The van der Waals surface area contributed by atoms with Crippen LogP contribution in [0.2, 0.25) is 0 Å². The van der Waals surface area contributed by atoms with Gasteiger partial charge in [-0.1, -0.05) is 0 Å². The number of hydrogen-bond acceptors (Lipinski definition) is 2. The maximum absolute atomic E-state index is 12.9. The highest BCUT2D eigenvalue weighted by Crippen LogP contribution is 2.13. The molecule has 1 aromatic heterocycles. The molecule has 2 aromatic rings. The Bertz CT molecular complexity index is 582. The van der Waals surface area contributed by atoms with Gasteiger partial charge in [-0.05, 0) is 12.1 Å². The van der Waals surface area contributed by atoms with Crippen molar-refractivity contribution >= 4 is 17.4 Å². The molecule has 0 aliphatic rings. The van der Waals surface area contributed by atoms with Gasteiger partial charge in [-0.25, -0.2) is 13.6 Å². The number of aromatic nitrogens is 1. The van der Waals surface area contributed by atoms with Crippen LogP contribution >= 0.6 is 0 Å². The molecule has 0 saturated heterocycles. The van der Waals surface area contributed by atoms with Crippen molar-refractivity contribution in [2.24, 2.45) is 0 Å². The highest BCUT2D eigenvalue weighted by atomic mass is 19.1. The molecular weight excluding hydrogens is 256 g/mol. The lowest BCUT2D eigenvalue weighted by molar-refractivity contribution is -0.605. The van der Waals surface area contributed by atoms with Crippen molar-refractivity contribution in [1.82, 2.24) is 0 Å². The van der Waals surface area contributed by atoms with Crippen LogP contribution in [0.5, 0.6) is 0 Å². The van der Waals surface area contributed by atoms with Crippen molar-refractivity contribution in [3.63, 3.8) is 0 Å². The van der Waals surface area contributed by atoms with Crippen LogP contribution in [0.4, 0.5) is 25.0 Å². The van der Waals surface area contributed by atoms with E-state index >= 15 is 0 Å². The Morgan fingerprint density at radius 1 is 1.00 bits per heavy atom. The van der Waals surface area contributed by atoms with Crippen LogP contribution in [-0.4, -0.2) is 6.03 Å². The number of pyridine rings is 1. The highest BCUT2D eigenvalue weighted by Gasteiger charge is 2.06. The average molecular weight is 265 g/mol. The van der Waals surface area contributed by atoms with E-state index in [-0.39, 0.29) is 5.69 Å². The third-order valence-corrected chi connectivity index (χ3v) is 2.18. The first-order valence-electron chi connectivity index (χ1n) is 5.26. The maximum Gasteiger partial charge on any atom is 0.323 e. The zero-order chi connectivity index (χ0) is 13.8. The number of nitrogens with zero attached hydrogens (tertiary/aromatic N) is 1. The summed E-state index contributed by atoms with van der Waals surface area (Å²) in [5, 5.41) is 15.5. The Labute approximate surface area is 107 Å². The SMILES string of the molecule is O=C(Nc1cc[n+]([O-])cc1)Nc1cc(F)cc(F)c1. The van der Waals surface area contributed by atoms with Gasteiger partial charge in [0, 0.05) is 23.9 Å². The molecule has 2 rings (SSSR count). The molecule has 5 nitrogen and oxygen atoms in total. The summed E-state index contributed by atoms with van der Waals surface area (Å²) in [5.41, 5.74) is 0.367. The Kier molecular flexibility index (Phi) is 3.56. The number of halogens is 2. The second-order valence-electron chi connectivity index (χ2n) is 3.68. The molecule has 0 radical (unpaired) electrons. The second kappa shape index (κ2) is 5.30. The molecule has 0 aliphatic carbocycles. The molecular formula is C12H9F2N3O2. The topological polar surface area (TPSA) is 68.1 Å². The van der Waals surface area contributed by atoms with Crippen molar-refractivity contribution in [3.05, 3.63) is 59.6 Å². The molecule has 0 spiro atoms.